The lowest BCUT2D eigenvalue weighted by molar-refractivity contribution is -0.228. The number of para-hydroxylation sites is 1. The molecule has 1 aliphatic carbocycles. The molecule has 7 heterocycles. The highest BCUT2D eigenvalue weighted by atomic mass is 19.1. The number of esters is 3. The number of rotatable bonds is 8. The zero-order valence-corrected chi connectivity index (χ0v) is 39.6. The highest BCUT2D eigenvalue weighted by Crippen LogP contribution is 2.68. The summed E-state index contributed by atoms with van der Waals surface area (Å²) in [7, 11) is 4.09. The molecule has 6 aliphatic rings. The lowest BCUT2D eigenvalue weighted by atomic mass is 9.47. The van der Waals surface area contributed by atoms with Crippen molar-refractivity contribution in [1.82, 2.24) is 24.8 Å². The Bertz CT molecular complexity index is 2880. The summed E-state index contributed by atoms with van der Waals surface area (Å²) in [6.45, 7) is 8.16. The maximum absolute atomic E-state index is 15.3. The van der Waals surface area contributed by atoms with E-state index >= 15 is 4.79 Å². The van der Waals surface area contributed by atoms with Gasteiger partial charge in [0.2, 0.25) is 17.8 Å². The molecule has 1 amide bonds. The van der Waals surface area contributed by atoms with Gasteiger partial charge in [0.25, 0.3) is 5.56 Å². The number of ether oxygens (including phenoxy) is 4. The van der Waals surface area contributed by atoms with Gasteiger partial charge in [0.05, 0.1) is 38.7 Å². The predicted molar refractivity (Wildman–Crippen MR) is 248 cm³/mol. The molecule has 0 radical (unpaired) electrons. The van der Waals surface area contributed by atoms with Crippen molar-refractivity contribution < 1.29 is 52.7 Å². The summed E-state index contributed by atoms with van der Waals surface area (Å²) in [6.07, 6.45) is 6.54. The second kappa shape index (κ2) is 17.4. The van der Waals surface area contributed by atoms with Crippen LogP contribution >= 0.6 is 0 Å². The van der Waals surface area contributed by atoms with Gasteiger partial charge in [-0.3, -0.25) is 34.0 Å². The number of H-pyrrole nitrogens is 3. The third-order valence-corrected chi connectivity index (χ3v) is 16.3. The van der Waals surface area contributed by atoms with Crippen molar-refractivity contribution in [3.8, 4) is 5.75 Å². The number of carbonyl (C=O) groups excluding carboxylic acids is 4. The molecule has 1 saturated carbocycles. The lowest BCUT2D eigenvalue weighted by Gasteiger charge is -2.63. The van der Waals surface area contributed by atoms with E-state index in [0.717, 1.165) is 16.5 Å². The van der Waals surface area contributed by atoms with E-state index < -0.39 is 80.6 Å². The molecule has 10 atom stereocenters. The number of aliphatic hydroxyl groups is 2. The molecule has 1 unspecified atom stereocenters. The molecule has 2 aromatic heterocycles. The standard InChI is InChI=1S/C46H56N4O10.C4H3FN2O2/c1-7-42(55)22-28-23-45(40(53)58-5,36-30(14-18-48(24-28)25-42)29-12-9-10-13-33(29)47-36)32-20-31-34(21-35(32)57-4)50(26-51)38-44(31)16-19-49-17-11-15-43(8-2,37(44)49)39(60-27(3)52)46(38,56)41(54)59-6;5-2-1-6-4(9)7-3(2)8/h9-13,15,20-21,26,28,37-39,47,55-56H,7-8,14,16-19,22-25H2,1-6H3;1H,(H2,6,7,8,9)/t28-,37+,38-,39-,42+,43-,44-,45+,46+;/m1./s1. The largest absolute Gasteiger partial charge is 0.496 e. The molecule has 10 rings (SSSR count). The molecule has 69 heavy (non-hydrogen) atoms. The topological polar surface area (TPSA) is 237 Å². The number of fused-ring (bicyclic) bond motifs is 6. The van der Waals surface area contributed by atoms with Gasteiger partial charge in [0.15, 0.2) is 6.10 Å². The zero-order chi connectivity index (χ0) is 49.4. The van der Waals surface area contributed by atoms with Gasteiger partial charge in [-0.25, -0.2) is 9.59 Å². The van der Waals surface area contributed by atoms with Crippen LogP contribution in [0.5, 0.6) is 5.75 Å². The van der Waals surface area contributed by atoms with Crippen LogP contribution in [0.2, 0.25) is 0 Å². The number of methoxy groups -OCH3 is 3. The van der Waals surface area contributed by atoms with Crippen molar-refractivity contribution in [3.63, 3.8) is 0 Å². The number of hydrogen-bond donors (Lipinski definition) is 5. The minimum Gasteiger partial charge on any atom is -0.496 e. The van der Waals surface area contributed by atoms with Crippen molar-refractivity contribution >= 4 is 40.9 Å². The highest BCUT2D eigenvalue weighted by Gasteiger charge is 2.81. The Kier molecular flexibility index (Phi) is 12.1. The highest BCUT2D eigenvalue weighted by molar-refractivity contribution is 5.96. The minimum atomic E-state index is -2.53. The predicted octanol–water partition coefficient (Wildman–Crippen LogP) is 2.72. The molecule has 4 aromatic rings. The molecule has 2 saturated heterocycles. The number of halogens is 1. The van der Waals surface area contributed by atoms with Crippen LogP contribution in [0.25, 0.3) is 10.9 Å². The van der Waals surface area contributed by atoms with Gasteiger partial charge in [0, 0.05) is 84.4 Å². The maximum atomic E-state index is 15.3. The van der Waals surface area contributed by atoms with Gasteiger partial charge in [0.1, 0.15) is 11.2 Å². The molecular weight excluding hydrogens is 896 g/mol. The fraction of sp³-hybridized carbons (Fsp3) is 0.520. The van der Waals surface area contributed by atoms with E-state index in [9.17, 15) is 38.6 Å². The van der Waals surface area contributed by atoms with Crippen molar-refractivity contribution in [2.45, 2.75) is 99.5 Å². The third kappa shape index (κ3) is 6.93. The average molecular weight is 955 g/mol. The number of amides is 1. The van der Waals surface area contributed by atoms with Gasteiger partial charge < -0.3 is 44.0 Å². The number of aromatic amines is 3. The Labute approximate surface area is 396 Å². The van der Waals surface area contributed by atoms with Crippen molar-refractivity contribution in [3.05, 3.63) is 104 Å². The Morgan fingerprint density at radius 1 is 0.957 bits per heavy atom. The fourth-order valence-corrected chi connectivity index (χ4v) is 13.8. The van der Waals surface area contributed by atoms with Crippen LogP contribution in [-0.2, 0) is 50.6 Å². The van der Waals surface area contributed by atoms with Crippen LogP contribution in [0, 0.1) is 17.2 Å². The molecule has 3 fully saturated rings. The Morgan fingerprint density at radius 3 is 2.36 bits per heavy atom. The third-order valence-electron chi connectivity index (χ3n) is 16.3. The Balaban J connectivity index is 0.000000593. The molecule has 2 bridgehead atoms. The summed E-state index contributed by atoms with van der Waals surface area (Å²) < 4.78 is 35.7. The molecule has 5 aliphatic heterocycles. The molecule has 5 N–H and O–H groups in total. The SMILES string of the molecule is CC[C@]1(O)C[C@H]2CN(CCc3c([nH]c4ccccc34)[C@@](C(=O)OC)(c3cc4c(cc3OC)N(C=O)[C@H]3[C@@](O)(C(=O)OC)[C@H](OC(C)=O)[C@]5(CC)C=CCN6CC[C@]43[C@@H]65)C2)C1.O=c1[nH]cc(F)c(=O)[nH]1. The number of hydrogen-bond acceptors (Lipinski definition) is 14. The van der Waals surface area contributed by atoms with Crippen LogP contribution in [0.3, 0.4) is 0 Å². The van der Waals surface area contributed by atoms with E-state index in [0.29, 0.717) is 106 Å². The zero-order valence-electron chi connectivity index (χ0n) is 39.6. The van der Waals surface area contributed by atoms with E-state index in [2.05, 4.69) is 20.9 Å². The molecule has 368 valence electrons. The number of benzene rings is 2. The number of piperidine rings is 1. The number of aromatic nitrogens is 3. The van der Waals surface area contributed by atoms with E-state index in [1.807, 2.05) is 55.2 Å². The normalized spacial score (nSPS) is 32.9. The van der Waals surface area contributed by atoms with E-state index in [4.69, 9.17) is 18.9 Å². The van der Waals surface area contributed by atoms with Gasteiger partial charge >= 0.3 is 23.6 Å². The monoisotopic (exact) mass is 954 g/mol. The van der Waals surface area contributed by atoms with Crippen molar-refractivity contribution in [2.24, 2.45) is 11.3 Å². The van der Waals surface area contributed by atoms with Crippen LogP contribution in [0.15, 0.2) is 64.3 Å². The summed E-state index contributed by atoms with van der Waals surface area (Å²) in [6, 6.07) is 9.97. The first kappa shape index (κ1) is 47.9. The van der Waals surface area contributed by atoms with E-state index in [1.54, 1.807) is 11.1 Å². The summed E-state index contributed by atoms with van der Waals surface area (Å²) in [5.41, 5.74) is -4.86. The van der Waals surface area contributed by atoms with Crippen LogP contribution in [0.4, 0.5) is 10.1 Å². The Hall–Kier alpha value is -6.15. The average Bonchev–Trinajstić information content (AvgIpc) is 4.02. The Morgan fingerprint density at radius 2 is 1.71 bits per heavy atom. The van der Waals surface area contributed by atoms with Crippen molar-refractivity contribution in [1.29, 1.82) is 0 Å². The fourth-order valence-electron chi connectivity index (χ4n) is 13.8. The second-order valence-corrected chi connectivity index (χ2v) is 19.5. The van der Waals surface area contributed by atoms with Gasteiger partial charge in [-0.2, -0.15) is 4.39 Å². The van der Waals surface area contributed by atoms with Crippen LogP contribution < -0.4 is 20.9 Å². The minimum absolute atomic E-state index is 0.155. The first-order valence-corrected chi connectivity index (χ1v) is 23.4. The molecule has 18 nitrogen and oxygen atoms in total. The van der Waals surface area contributed by atoms with E-state index in [-0.39, 0.29) is 12.3 Å². The van der Waals surface area contributed by atoms with Crippen LogP contribution in [0.1, 0.15) is 75.3 Å². The summed E-state index contributed by atoms with van der Waals surface area (Å²) in [4.78, 5) is 90.1. The number of carbonyl (C=O) groups is 4. The maximum Gasteiger partial charge on any atom is 0.344 e. The van der Waals surface area contributed by atoms with Gasteiger partial charge in [-0.05, 0) is 74.2 Å². The smallest absolute Gasteiger partial charge is 0.344 e. The lowest BCUT2D eigenvalue weighted by Crippen LogP contribution is -2.81. The second-order valence-electron chi connectivity index (χ2n) is 19.5. The van der Waals surface area contributed by atoms with Crippen molar-refractivity contribution in [2.75, 3.05) is 59.0 Å². The van der Waals surface area contributed by atoms with E-state index in [1.165, 1.54) is 33.2 Å². The first-order valence-electron chi connectivity index (χ1n) is 23.4. The quantitative estimate of drug-likeness (QED) is 0.0740. The molecular formula is C50H59FN6O12. The molecule has 1 spiro atoms. The summed E-state index contributed by atoms with van der Waals surface area (Å²) in [5.74, 6) is -3.06. The molecule has 19 heteroatoms. The number of nitrogens with one attached hydrogen (secondary N) is 3. The number of anilines is 1. The first-order chi connectivity index (χ1) is 33.0. The van der Waals surface area contributed by atoms with Crippen LogP contribution in [-0.4, -0.2) is 143 Å². The van der Waals surface area contributed by atoms with Gasteiger partial charge in [-0.1, -0.05) is 44.2 Å². The summed E-state index contributed by atoms with van der Waals surface area (Å²) >= 11 is 0. The van der Waals surface area contributed by atoms with Gasteiger partial charge in [-0.15, -0.1) is 0 Å². The molecule has 2 aromatic carbocycles. The number of nitrogens with zero attached hydrogens (tertiary/aromatic N) is 3. The summed E-state index contributed by atoms with van der Waals surface area (Å²) in [5, 5.41) is 26.3.